The molecule has 0 aliphatic carbocycles. The largest absolute Gasteiger partial charge is 0.370 e. The number of nitrogens with two attached hydrogens (primary N) is 1. The highest BCUT2D eigenvalue weighted by Gasteiger charge is 2.28. The molecule has 4 nitrogen and oxygen atoms in total. The van der Waals surface area contributed by atoms with Gasteiger partial charge in [-0.25, -0.2) is 0 Å². The number of hydrogen-bond donors (Lipinski definition) is 2. The van der Waals surface area contributed by atoms with Crippen LogP contribution in [0.5, 0.6) is 0 Å². The average Bonchev–Trinajstić information content (AvgIpc) is 2.30. The number of likely N-dealkylation sites (tertiary alicyclic amines) is 1. The summed E-state index contributed by atoms with van der Waals surface area (Å²) < 4.78 is 0. The van der Waals surface area contributed by atoms with Gasteiger partial charge in [0.05, 0.1) is 5.25 Å². The quantitative estimate of drug-likeness (QED) is 0.580. The molecule has 0 aromatic rings. The predicted molar refractivity (Wildman–Crippen MR) is 47.8 cm³/mol. The lowest BCUT2D eigenvalue weighted by molar-refractivity contribution is -0.127. The third-order valence-electron chi connectivity index (χ3n) is 1.90. The van der Waals surface area contributed by atoms with Gasteiger partial charge < -0.3 is 10.6 Å². The monoisotopic (exact) mass is 188 g/mol. The minimum atomic E-state index is -0.370. The molecular weight excluding hydrogens is 176 g/mol. The molecule has 1 aliphatic heterocycles. The van der Waals surface area contributed by atoms with Gasteiger partial charge in [-0.2, -0.15) is 12.6 Å². The molecule has 68 valence electrons. The maximum Gasteiger partial charge on any atom is 0.235 e. The first-order valence-electron chi connectivity index (χ1n) is 3.86. The molecule has 5 heteroatoms. The summed E-state index contributed by atoms with van der Waals surface area (Å²) >= 11 is 4.08. The van der Waals surface area contributed by atoms with E-state index in [-0.39, 0.29) is 23.5 Å². The van der Waals surface area contributed by atoms with Crippen LogP contribution in [0.1, 0.15) is 12.8 Å². The molecule has 1 fully saturated rings. The molecule has 2 amide bonds. The van der Waals surface area contributed by atoms with E-state index >= 15 is 0 Å². The Morgan fingerprint density at radius 2 is 2.42 bits per heavy atom. The highest BCUT2D eigenvalue weighted by Crippen LogP contribution is 2.15. The van der Waals surface area contributed by atoms with Gasteiger partial charge in [0.25, 0.3) is 0 Å². The molecule has 0 saturated carbocycles. The maximum absolute atomic E-state index is 11.2. The van der Waals surface area contributed by atoms with Crippen LogP contribution in [-0.2, 0) is 9.59 Å². The molecule has 0 radical (unpaired) electrons. The Labute approximate surface area is 76.5 Å². The zero-order chi connectivity index (χ0) is 9.14. The summed E-state index contributed by atoms with van der Waals surface area (Å²) in [7, 11) is 0. The molecule has 1 atom stereocenters. The first-order chi connectivity index (χ1) is 5.61. The second-order valence-electron chi connectivity index (χ2n) is 2.85. The molecule has 0 spiro atoms. The molecule has 0 aromatic carbocycles. The maximum atomic E-state index is 11.2. The van der Waals surface area contributed by atoms with Crippen LogP contribution in [-0.4, -0.2) is 35.1 Å². The Balaban J connectivity index is 2.34. The van der Waals surface area contributed by atoms with Crippen molar-refractivity contribution >= 4 is 24.4 Å². The summed E-state index contributed by atoms with van der Waals surface area (Å²) in [5.41, 5.74) is 4.95. The SMILES string of the molecule is NC(=O)CCN1CCC(S)C1=O. The molecular formula is C7H12N2O2S. The van der Waals surface area contributed by atoms with E-state index < -0.39 is 0 Å². The molecule has 1 unspecified atom stereocenters. The Morgan fingerprint density at radius 3 is 2.83 bits per heavy atom. The van der Waals surface area contributed by atoms with Crippen LogP contribution < -0.4 is 5.73 Å². The van der Waals surface area contributed by atoms with Crippen LogP contribution in [0.2, 0.25) is 0 Å². The first kappa shape index (κ1) is 9.38. The Bertz CT molecular complexity index is 208. The third-order valence-corrected chi connectivity index (χ3v) is 2.38. The minimum Gasteiger partial charge on any atom is -0.370 e. The average molecular weight is 188 g/mol. The number of thiol groups is 1. The van der Waals surface area contributed by atoms with E-state index in [1.807, 2.05) is 0 Å². The fourth-order valence-corrected chi connectivity index (χ4v) is 1.47. The predicted octanol–water partition coefficient (Wildman–Crippen LogP) is -0.607. The second kappa shape index (κ2) is 3.80. The topological polar surface area (TPSA) is 63.4 Å². The molecule has 0 aromatic heterocycles. The van der Waals surface area contributed by atoms with Crippen LogP contribution in [0, 0.1) is 0 Å². The fraction of sp³-hybridized carbons (Fsp3) is 0.714. The van der Waals surface area contributed by atoms with E-state index in [1.165, 1.54) is 0 Å². The fourth-order valence-electron chi connectivity index (χ4n) is 1.19. The molecule has 1 aliphatic rings. The van der Waals surface area contributed by atoms with Crippen molar-refractivity contribution in [3.63, 3.8) is 0 Å². The Hall–Kier alpha value is -0.710. The molecule has 2 N–H and O–H groups in total. The summed E-state index contributed by atoms with van der Waals surface area (Å²) in [5, 5.41) is -0.183. The van der Waals surface area contributed by atoms with E-state index in [1.54, 1.807) is 4.90 Å². The van der Waals surface area contributed by atoms with Crippen LogP contribution >= 0.6 is 12.6 Å². The van der Waals surface area contributed by atoms with Crippen LogP contribution in [0.15, 0.2) is 0 Å². The number of carbonyl (C=O) groups is 2. The molecule has 0 bridgehead atoms. The van der Waals surface area contributed by atoms with E-state index in [9.17, 15) is 9.59 Å². The van der Waals surface area contributed by atoms with Crippen molar-refractivity contribution in [1.29, 1.82) is 0 Å². The van der Waals surface area contributed by atoms with Gasteiger partial charge in [0.2, 0.25) is 11.8 Å². The number of rotatable bonds is 3. The van der Waals surface area contributed by atoms with Crippen LogP contribution in [0.3, 0.4) is 0 Å². The molecule has 12 heavy (non-hydrogen) atoms. The standard InChI is InChI=1S/C7H12N2O2S/c8-6(10)2-4-9-3-1-5(12)7(9)11/h5,12H,1-4H2,(H2,8,10). The van der Waals surface area contributed by atoms with E-state index in [2.05, 4.69) is 12.6 Å². The van der Waals surface area contributed by atoms with Gasteiger partial charge in [0.1, 0.15) is 0 Å². The third kappa shape index (κ3) is 2.14. The van der Waals surface area contributed by atoms with Gasteiger partial charge in [0.15, 0.2) is 0 Å². The second-order valence-corrected chi connectivity index (χ2v) is 3.47. The smallest absolute Gasteiger partial charge is 0.235 e. The highest BCUT2D eigenvalue weighted by atomic mass is 32.1. The number of nitrogens with zero attached hydrogens (tertiary/aromatic N) is 1. The van der Waals surface area contributed by atoms with Gasteiger partial charge >= 0.3 is 0 Å². The number of primary amides is 1. The summed E-state index contributed by atoms with van der Waals surface area (Å²) in [6, 6.07) is 0. The van der Waals surface area contributed by atoms with Crippen molar-refractivity contribution in [2.45, 2.75) is 18.1 Å². The normalized spacial score (nSPS) is 23.2. The van der Waals surface area contributed by atoms with E-state index in [4.69, 9.17) is 5.73 Å². The van der Waals surface area contributed by atoms with Crippen molar-refractivity contribution < 1.29 is 9.59 Å². The van der Waals surface area contributed by atoms with Crippen LogP contribution in [0.4, 0.5) is 0 Å². The van der Waals surface area contributed by atoms with Crippen molar-refractivity contribution in [2.75, 3.05) is 13.1 Å². The Kier molecular flexibility index (Phi) is 2.97. The van der Waals surface area contributed by atoms with E-state index in [0.717, 1.165) is 6.42 Å². The van der Waals surface area contributed by atoms with Crippen LogP contribution in [0.25, 0.3) is 0 Å². The summed E-state index contributed by atoms with van der Waals surface area (Å²) in [6.45, 7) is 1.13. The van der Waals surface area contributed by atoms with Gasteiger partial charge in [-0.05, 0) is 6.42 Å². The Morgan fingerprint density at radius 1 is 1.75 bits per heavy atom. The molecule has 1 saturated heterocycles. The molecule has 1 rings (SSSR count). The minimum absolute atomic E-state index is 0.0135. The lowest BCUT2D eigenvalue weighted by atomic mass is 10.4. The van der Waals surface area contributed by atoms with Crippen molar-refractivity contribution in [3.05, 3.63) is 0 Å². The van der Waals surface area contributed by atoms with Gasteiger partial charge in [-0.3, -0.25) is 9.59 Å². The lowest BCUT2D eigenvalue weighted by Gasteiger charge is -2.13. The van der Waals surface area contributed by atoms with Gasteiger partial charge in [0, 0.05) is 19.5 Å². The first-order valence-corrected chi connectivity index (χ1v) is 4.38. The highest BCUT2D eigenvalue weighted by molar-refractivity contribution is 7.81. The van der Waals surface area contributed by atoms with Gasteiger partial charge in [-0.1, -0.05) is 0 Å². The zero-order valence-corrected chi connectivity index (χ0v) is 7.59. The van der Waals surface area contributed by atoms with Crippen molar-refractivity contribution in [2.24, 2.45) is 5.73 Å². The number of carbonyl (C=O) groups excluding carboxylic acids is 2. The summed E-state index contributed by atoms with van der Waals surface area (Å²) in [4.78, 5) is 23.3. The summed E-state index contributed by atoms with van der Waals surface area (Å²) in [5.74, 6) is -0.356. The van der Waals surface area contributed by atoms with Crippen molar-refractivity contribution in [1.82, 2.24) is 4.90 Å². The number of hydrogen-bond acceptors (Lipinski definition) is 3. The van der Waals surface area contributed by atoms with E-state index in [0.29, 0.717) is 13.1 Å². The molecule has 1 heterocycles. The zero-order valence-electron chi connectivity index (χ0n) is 6.69. The summed E-state index contributed by atoms with van der Waals surface area (Å²) in [6.07, 6.45) is 1.01. The van der Waals surface area contributed by atoms with Gasteiger partial charge in [-0.15, -0.1) is 0 Å². The van der Waals surface area contributed by atoms with Crippen molar-refractivity contribution in [3.8, 4) is 0 Å². The number of amides is 2. The lowest BCUT2D eigenvalue weighted by Crippen LogP contribution is -2.31.